The highest BCUT2D eigenvalue weighted by Gasteiger charge is 2.49. The molecule has 0 aliphatic heterocycles. The molecular weight excluding hydrogens is 460 g/mol. The predicted octanol–water partition coefficient (Wildman–Crippen LogP) is 8.86. The van der Waals surface area contributed by atoms with E-state index in [1.807, 2.05) is 0 Å². The third kappa shape index (κ3) is 3.94. The van der Waals surface area contributed by atoms with Crippen molar-refractivity contribution in [1.82, 2.24) is 9.97 Å². The van der Waals surface area contributed by atoms with Gasteiger partial charge in [-0.1, -0.05) is 34.6 Å². The van der Waals surface area contributed by atoms with Crippen LogP contribution in [0, 0.1) is 5.92 Å². The van der Waals surface area contributed by atoms with Crippen LogP contribution < -0.4 is 0 Å². The van der Waals surface area contributed by atoms with Gasteiger partial charge in [-0.25, -0.2) is 0 Å². The molecular formula is C36H48N2. The Balaban J connectivity index is 1.16. The number of fused-ring (bicyclic) bond motifs is 2. The zero-order chi connectivity index (χ0) is 26.0. The summed E-state index contributed by atoms with van der Waals surface area (Å²) < 4.78 is 0. The Kier molecular flexibility index (Phi) is 5.19. The first-order chi connectivity index (χ1) is 18.2. The lowest BCUT2D eigenvalue weighted by Gasteiger charge is -2.33. The zero-order valence-electron chi connectivity index (χ0n) is 24.7. The molecule has 0 spiro atoms. The standard InChI is InChI=1S/C36H48N2/c1-35(2,3)31-24-8-6-10-27(24)38-34(29(31)20-12-13-20)26-18-23(26)19-36(4,5)32-25-9-7-11-28(25)37-33(22-16-17-22)30(32)21-14-15-21/h20-23,26H,6-19H2,1-5H3. The molecule has 4 saturated carbocycles. The van der Waals surface area contributed by atoms with E-state index in [0.717, 1.165) is 23.7 Å². The Labute approximate surface area is 230 Å². The van der Waals surface area contributed by atoms with Crippen molar-refractivity contribution in [2.45, 2.75) is 159 Å². The van der Waals surface area contributed by atoms with Crippen molar-refractivity contribution in [3.8, 4) is 0 Å². The molecule has 2 nitrogen and oxygen atoms in total. The number of aromatic nitrogens is 2. The zero-order valence-corrected chi connectivity index (χ0v) is 24.7. The molecule has 2 heterocycles. The Morgan fingerprint density at radius 2 is 1.16 bits per heavy atom. The Hall–Kier alpha value is -1.70. The van der Waals surface area contributed by atoms with Crippen LogP contribution in [-0.4, -0.2) is 9.97 Å². The molecule has 0 amide bonds. The van der Waals surface area contributed by atoms with Gasteiger partial charge in [-0.2, -0.15) is 0 Å². The predicted molar refractivity (Wildman–Crippen MR) is 156 cm³/mol. The molecule has 0 bridgehead atoms. The van der Waals surface area contributed by atoms with E-state index in [9.17, 15) is 0 Å². The van der Waals surface area contributed by atoms with Gasteiger partial charge in [0, 0.05) is 34.6 Å². The molecule has 6 aliphatic carbocycles. The van der Waals surface area contributed by atoms with Crippen molar-refractivity contribution in [2.75, 3.05) is 0 Å². The first-order valence-electron chi connectivity index (χ1n) is 16.3. The molecule has 0 radical (unpaired) electrons. The number of aryl methyl sites for hydroxylation is 2. The van der Waals surface area contributed by atoms with Gasteiger partial charge in [0.05, 0.1) is 0 Å². The summed E-state index contributed by atoms with van der Waals surface area (Å²) in [5, 5.41) is 0. The Morgan fingerprint density at radius 1 is 0.632 bits per heavy atom. The minimum Gasteiger partial charge on any atom is -0.257 e. The van der Waals surface area contributed by atoms with Gasteiger partial charge in [0.2, 0.25) is 0 Å². The van der Waals surface area contributed by atoms with E-state index in [2.05, 4.69) is 34.6 Å². The molecule has 2 aromatic heterocycles. The van der Waals surface area contributed by atoms with Crippen LogP contribution in [0.3, 0.4) is 0 Å². The highest BCUT2D eigenvalue weighted by Crippen LogP contribution is 2.60. The van der Waals surface area contributed by atoms with E-state index in [0.29, 0.717) is 5.92 Å². The van der Waals surface area contributed by atoms with Crippen LogP contribution in [0.25, 0.3) is 0 Å². The molecule has 202 valence electrons. The average Bonchev–Trinajstić information content (AvgIpc) is 3.66. The van der Waals surface area contributed by atoms with Gasteiger partial charge in [-0.15, -0.1) is 0 Å². The highest BCUT2D eigenvalue weighted by molar-refractivity contribution is 5.53. The second kappa shape index (κ2) is 8.17. The maximum absolute atomic E-state index is 5.55. The molecule has 8 rings (SSSR count). The van der Waals surface area contributed by atoms with E-state index in [4.69, 9.17) is 9.97 Å². The number of hydrogen-bond donors (Lipinski definition) is 0. The number of hydrogen-bond acceptors (Lipinski definition) is 2. The Bertz CT molecular complexity index is 1310. The third-order valence-corrected chi connectivity index (χ3v) is 11.0. The molecule has 2 unspecified atom stereocenters. The molecule has 2 aromatic rings. The van der Waals surface area contributed by atoms with Gasteiger partial charge in [-0.3, -0.25) is 9.97 Å². The first kappa shape index (κ1) is 24.1. The second-order valence-corrected chi connectivity index (χ2v) is 15.9. The third-order valence-electron chi connectivity index (χ3n) is 11.0. The van der Waals surface area contributed by atoms with Gasteiger partial charge >= 0.3 is 0 Å². The van der Waals surface area contributed by atoms with Crippen LogP contribution in [0.5, 0.6) is 0 Å². The van der Waals surface area contributed by atoms with Crippen molar-refractivity contribution in [3.63, 3.8) is 0 Å². The molecule has 2 atom stereocenters. The molecule has 0 N–H and O–H groups in total. The minimum atomic E-state index is 0.226. The Morgan fingerprint density at radius 3 is 1.71 bits per heavy atom. The van der Waals surface area contributed by atoms with Gasteiger partial charge in [-0.05, 0) is 152 Å². The van der Waals surface area contributed by atoms with Crippen molar-refractivity contribution < 1.29 is 0 Å². The molecule has 6 aliphatic rings. The normalized spacial score (nSPS) is 26.6. The van der Waals surface area contributed by atoms with Gasteiger partial charge in [0.1, 0.15) is 0 Å². The fourth-order valence-electron chi connectivity index (χ4n) is 8.95. The van der Waals surface area contributed by atoms with E-state index in [-0.39, 0.29) is 10.8 Å². The van der Waals surface area contributed by atoms with Crippen LogP contribution in [0.1, 0.15) is 179 Å². The summed E-state index contributed by atoms with van der Waals surface area (Å²) in [5.74, 6) is 3.86. The van der Waals surface area contributed by atoms with Crippen molar-refractivity contribution in [1.29, 1.82) is 0 Å². The SMILES string of the molecule is CC(C)(C)c1c2c(nc(C3CC3CC(C)(C)c3c4c(nc(C5CC5)c3C3CC3)CCC4)c1C1CC1)CCC2. The minimum absolute atomic E-state index is 0.226. The lowest BCUT2D eigenvalue weighted by atomic mass is 9.73. The smallest absolute Gasteiger partial charge is 0.0478 e. The van der Waals surface area contributed by atoms with Crippen LogP contribution in [0.15, 0.2) is 0 Å². The molecule has 4 fully saturated rings. The van der Waals surface area contributed by atoms with Crippen LogP contribution >= 0.6 is 0 Å². The number of rotatable bonds is 7. The van der Waals surface area contributed by atoms with Crippen molar-refractivity contribution in [2.24, 2.45) is 5.92 Å². The monoisotopic (exact) mass is 508 g/mol. The van der Waals surface area contributed by atoms with Gasteiger partial charge in [0.15, 0.2) is 0 Å². The maximum Gasteiger partial charge on any atom is 0.0478 e. The first-order valence-corrected chi connectivity index (χ1v) is 16.3. The lowest BCUT2D eigenvalue weighted by molar-refractivity contribution is 0.433. The largest absolute Gasteiger partial charge is 0.257 e. The summed E-state index contributed by atoms with van der Waals surface area (Å²) >= 11 is 0. The van der Waals surface area contributed by atoms with Crippen LogP contribution in [0.4, 0.5) is 0 Å². The number of pyridine rings is 2. The van der Waals surface area contributed by atoms with Crippen LogP contribution in [-0.2, 0) is 36.5 Å². The topological polar surface area (TPSA) is 25.8 Å². The lowest BCUT2D eigenvalue weighted by Crippen LogP contribution is -2.25. The fourth-order valence-corrected chi connectivity index (χ4v) is 8.95. The quantitative estimate of drug-likeness (QED) is 0.373. The summed E-state index contributed by atoms with van der Waals surface area (Å²) in [6, 6.07) is 0. The van der Waals surface area contributed by atoms with E-state index in [1.54, 1.807) is 44.8 Å². The summed E-state index contributed by atoms with van der Waals surface area (Å²) in [6.07, 6.45) is 18.6. The van der Waals surface area contributed by atoms with Gasteiger partial charge in [0.25, 0.3) is 0 Å². The molecule has 0 saturated heterocycles. The average molecular weight is 509 g/mol. The maximum atomic E-state index is 5.55. The highest BCUT2D eigenvalue weighted by atomic mass is 14.8. The summed E-state index contributed by atoms with van der Waals surface area (Å²) in [6.45, 7) is 12.6. The van der Waals surface area contributed by atoms with Gasteiger partial charge < -0.3 is 0 Å². The van der Waals surface area contributed by atoms with Crippen LogP contribution in [0.2, 0.25) is 0 Å². The summed E-state index contributed by atoms with van der Waals surface area (Å²) in [5.41, 5.74) is 16.8. The fraction of sp³-hybridized carbons (Fsp3) is 0.722. The van der Waals surface area contributed by atoms with E-state index >= 15 is 0 Å². The van der Waals surface area contributed by atoms with Crippen molar-refractivity contribution >= 4 is 0 Å². The summed E-state index contributed by atoms with van der Waals surface area (Å²) in [7, 11) is 0. The van der Waals surface area contributed by atoms with E-state index < -0.39 is 0 Å². The molecule has 2 heteroatoms. The van der Waals surface area contributed by atoms with E-state index in [1.165, 1.54) is 101 Å². The van der Waals surface area contributed by atoms with Crippen molar-refractivity contribution in [3.05, 3.63) is 56.2 Å². The number of nitrogens with zero attached hydrogens (tertiary/aromatic N) is 2. The molecule has 0 aromatic carbocycles. The second-order valence-electron chi connectivity index (χ2n) is 15.9. The summed E-state index contributed by atoms with van der Waals surface area (Å²) in [4.78, 5) is 11.0. The molecule has 38 heavy (non-hydrogen) atoms.